The van der Waals surface area contributed by atoms with Crippen LogP contribution in [-0.2, 0) is 14.4 Å². The van der Waals surface area contributed by atoms with Gasteiger partial charge < -0.3 is 5.32 Å². The number of carbonyl (C=O) groups excluding carboxylic acids is 3. The molecule has 0 bridgehead atoms. The molecule has 2 aliphatic rings. The van der Waals surface area contributed by atoms with Gasteiger partial charge in [-0.25, -0.2) is 4.98 Å². The Morgan fingerprint density at radius 1 is 1.15 bits per heavy atom. The Labute approximate surface area is 164 Å². The summed E-state index contributed by atoms with van der Waals surface area (Å²) in [7, 11) is 0. The van der Waals surface area contributed by atoms with E-state index in [2.05, 4.69) is 10.3 Å². The number of aromatic nitrogens is 1. The molecule has 2 atom stereocenters. The maximum absolute atomic E-state index is 12.4. The topological polar surface area (TPSA) is 79.4 Å². The van der Waals surface area contributed by atoms with Crippen molar-refractivity contribution in [1.29, 1.82) is 0 Å². The molecular weight excluding hydrogens is 386 g/mol. The zero-order valence-corrected chi connectivity index (χ0v) is 15.8. The van der Waals surface area contributed by atoms with E-state index in [1.54, 1.807) is 12.1 Å². The number of imide groups is 1. The van der Waals surface area contributed by atoms with Gasteiger partial charge in [0.1, 0.15) is 6.54 Å². The van der Waals surface area contributed by atoms with Gasteiger partial charge >= 0.3 is 0 Å². The van der Waals surface area contributed by atoms with Gasteiger partial charge in [-0.15, -0.1) is 11.3 Å². The van der Waals surface area contributed by atoms with Crippen LogP contribution in [0.1, 0.15) is 12.8 Å². The number of nitrogens with one attached hydrogen (secondary N) is 1. The fraction of sp³-hybridized carbons (Fsp3) is 0.263. The Morgan fingerprint density at radius 2 is 1.78 bits per heavy atom. The van der Waals surface area contributed by atoms with Crippen LogP contribution in [0.25, 0.3) is 11.3 Å². The fourth-order valence-corrected chi connectivity index (χ4v) is 4.27. The third-order valence-electron chi connectivity index (χ3n) is 4.79. The van der Waals surface area contributed by atoms with E-state index in [0.29, 0.717) is 23.0 Å². The van der Waals surface area contributed by atoms with Gasteiger partial charge in [-0.3, -0.25) is 19.3 Å². The highest BCUT2D eigenvalue weighted by atomic mass is 35.5. The average Bonchev–Trinajstić information content (AvgIpc) is 3.22. The van der Waals surface area contributed by atoms with Crippen LogP contribution in [0.4, 0.5) is 5.13 Å². The molecular formula is C19H16ClN3O3S. The summed E-state index contributed by atoms with van der Waals surface area (Å²) in [6.07, 6.45) is 4.96. The van der Waals surface area contributed by atoms with Crippen molar-refractivity contribution in [2.75, 3.05) is 11.9 Å². The van der Waals surface area contributed by atoms with Crippen molar-refractivity contribution < 1.29 is 14.4 Å². The van der Waals surface area contributed by atoms with E-state index in [0.717, 1.165) is 16.2 Å². The summed E-state index contributed by atoms with van der Waals surface area (Å²) >= 11 is 7.17. The Kier molecular flexibility index (Phi) is 4.80. The summed E-state index contributed by atoms with van der Waals surface area (Å²) in [6.45, 7) is -0.277. The first-order valence-electron chi connectivity index (χ1n) is 8.54. The largest absolute Gasteiger partial charge is 0.300 e. The van der Waals surface area contributed by atoms with Gasteiger partial charge in [0.15, 0.2) is 5.13 Å². The van der Waals surface area contributed by atoms with Crippen LogP contribution < -0.4 is 5.32 Å². The van der Waals surface area contributed by atoms with Gasteiger partial charge in [-0.1, -0.05) is 35.9 Å². The predicted octanol–water partition coefficient (Wildman–Crippen LogP) is 3.35. The molecule has 1 aliphatic heterocycles. The number of carbonyl (C=O) groups is 3. The van der Waals surface area contributed by atoms with E-state index in [9.17, 15) is 14.4 Å². The summed E-state index contributed by atoms with van der Waals surface area (Å²) in [5.41, 5.74) is 1.61. The molecule has 138 valence electrons. The van der Waals surface area contributed by atoms with E-state index in [-0.39, 0.29) is 30.2 Å². The van der Waals surface area contributed by atoms with Crippen molar-refractivity contribution in [3.05, 3.63) is 46.8 Å². The summed E-state index contributed by atoms with van der Waals surface area (Å²) in [5, 5.41) is 5.55. The molecule has 2 aromatic rings. The molecule has 1 N–H and O–H groups in total. The molecule has 3 amide bonds. The van der Waals surface area contributed by atoms with E-state index >= 15 is 0 Å². The van der Waals surface area contributed by atoms with E-state index < -0.39 is 5.91 Å². The van der Waals surface area contributed by atoms with Gasteiger partial charge in [-0.05, 0) is 25.0 Å². The lowest BCUT2D eigenvalue weighted by Gasteiger charge is -2.14. The first-order valence-corrected chi connectivity index (χ1v) is 9.80. The number of halogens is 1. The molecule has 1 aromatic heterocycles. The monoisotopic (exact) mass is 401 g/mol. The number of hydrogen-bond acceptors (Lipinski definition) is 5. The summed E-state index contributed by atoms with van der Waals surface area (Å²) in [4.78, 5) is 42.6. The highest BCUT2D eigenvalue weighted by Gasteiger charge is 2.47. The zero-order chi connectivity index (χ0) is 19.0. The molecule has 4 rings (SSSR count). The molecule has 1 aromatic carbocycles. The lowest BCUT2D eigenvalue weighted by molar-refractivity contribution is -0.142. The van der Waals surface area contributed by atoms with Gasteiger partial charge in [-0.2, -0.15) is 0 Å². The SMILES string of the molecule is O=C(CN1C(=O)[C@H]2CC=CC[C@H]2C1=O)Nc1nc(-c2ccc(Cl)cc2)cs1. The van der Waals surface area contributed by atoms with Crippen molar-refractivity contribution in [1.82, 2.24) is 9.88 Å². The van der Waals surface area contributed by atoms with Crippen LogP contribution in [-0.4, -0.2) is 34.2 Å². The quantitative estimate of drug-likeness (QED) is 0.629. The fourth-order valence-electron chi connectivity index (χ4n) is 3.41. The Morgan fingerprint density at radius 3 is 2.41 bits per heavy atom. The number of nitrogens with zero attached hydrogens (tertiary/aromatic N) is 2. The Balaban J connectivity index is 1.41. The maximum atomic E-state index is 12.4. The summed E-state index contributed by atoms with van der Waals surface area (Å²) < 4.78 is 0. The van der Waals surface area contributed by atoms with Gasteiger partial charge in [0, 0.05) is 16.0 Å². The summed E-state index contributed by atoms with van der Waals surface area (Å²) in [5.74, 6) is -1.60. The minimum atomic E-state index is -0.430. The van der Waals surface area contributed by atoms with Crippen LogP contribution in [0.3, 0.4) is 0 Å². The van der Waals surface area contributed by atoms with Crippen molar-refractivity contribution in [3.8, 4) is 11.3 Å². The van der Waals surface area contributed by atoms with Crippen molar-refractivity contribution >= 4 is 45.8 Å². The first kappa shape index (κ1) is 17.9. The number of hydrogen-bond donors (Lipinski definition) is 1. The van der Waals surface area contributed by atoms with Crippen molar-refractivity contribution in [3.63, 3.8) is 0 Å². The number of allylic oxidation sites excluding steroid dienone is 2. The van der Waals surface area contributed by atoms with Gasteiger partial charge in [0.2, 0.25) is 17.7 Å². The molecule has 6 nitrogen and oxygen atoms in total. The maximum Gasteiger partial charge on any atom is 0.246 e. The minimum Gasteiger partial charge on any atom is -0.300 e. The molecule has 2 heterocycles. The van der Waals surface area contributed by atoms with Crippen molar-refractivity contribution in [2.24, 2.45) is 11.8 Å². The number of amides is 3. The van der Waals surface area contributed by atoms with Crippen molar-refractivity contribution in [2.45, 2.75) is 12.8 Å². The predicted molar refractivity (Wildman–Crippen MR) is 103 cm³/mol. The highest BCUT2D eigenvalue weighted by molar-refractivity contribution is 7.14. The molecule has 0 saturated carbocycles. The second-order valence-corrected chi connectivity index (χ2v) is 7.81. The number of anilines is 1. The second-order valence-electron chi connectivity index (χ2n) is 6.51. The van der Waals surface area contributed by atoms with Crippen LogP contribution in [0.2, 0.25) is 5.02 Å². The molecule has 0 radical (unpaired) electrons. The molecule has 8 heteroatoms. The Hall–Kier alpha value is -2.51. The standard InChI is InChI=1S/C19H16ClN3O3S/c20-12-7-5-11(6-8-12)15-10-27-19(21-15)22-16(24)9-23-17(25)13-3-1-2-4-14(13)18(23)26/h1-2,5-8,10,13-14H,3-4,9H2,(H,21,22,24)/t13-,14+. The molecule has 27 heavy (non-hydrogen) atoms. The van der Waals surface area contributed by atoms with Crippen LogP contribution in [0, 0.1) is 11.8 Å². The lowest BCUT2D eigenvalue weighted by Crippen LogP contribution is -2.38. The summed E-state index contributed by atoms with van der Waals surface area (Å²) in [6, 6.07) is 7.24. The van der Waals surface area contributed by atoms with Crippen LogP contribution in [0.15, 0.2) is 41.8 Å². The third kappa shape index (κ3) is 3.52. The van der Waals surface area contributed by atoms with E-state index in [1.165, 1.54) is 11.3 Å². The third-order valence-corrected chi connectivity index (χ3v) is 5.80. The van der Waals surface area contributed by atoms with E-state index in [4.69, 9.17) is 11.6 Å². The Bertz CT molecular complexity index is 912. The van der Waals surface area contributed by atoms with Gasteiger partial charge in [0.05, 0.1) is 17.5 Å². The molecule has 0 spiro atoms. The number of benzene rings is 1. The number of likely N-dealkylation sites (tertiary alicyclic amines) is 1. The molecule has 0 unspecified atom stereocenters. The zero-order valence-electron chi connectivity index (χ0n) is 14.2. The molecule has 1 fully saturated rings. The van der Waals surface area contributed by atoms with Gasteiger partial charge in [0.25, 0.3) is 0 Å². The first-order chi connectivity index (χ1) is 13.0. The number of rotatable bonds is 4. The molecule has 1 aliphatic carbocycles. The second kappa shape index (κ2) is 7.25. The highest BCUT2D eigenvalue weighted by Crippen LogP contribution is 2.35. The molecule has 1 saturated heterocycles. The number of thiazole rings is 1. The van der Waals surface area contributed by atoms with E-state index in [1.807, 2.05) is 29.7 Å². The number of fused-ring (bicyclic) bond motifs is 1. The minimum absolute atomic E-state index is 0.259. The average molecular weight is 402 g/mol. The lowest BCUT2D eigenvalue weighted by atomic mass is 9.85. The van der Waals surface area contributed by atoms with Crippen LogP contribution >= 0.6 is 22.9 Å². The normalized spacial score (nSPS) is 21.4. The smallest absolute Gasteiger partial charge is 0.246 e. The van der Waals surface area contributed by atoms with Crippen LogP contribution in [0.5, 0.6) is 0 Å².